The molecular formula is C19H17NO5. The number of nitrogens with zero attached hydrogens (tertiary/aromatic N) is 1. The van der Waals surface area contributed by atoms with Gasteiger partial charge in [-0.3, -0.25) is 19.3 Å². The van der Waals surface area contributed by atoms with Gasteiger partial charge in [0.1, 0.15) is 5.75 Å². The Labute approximate surface area is 144 Å². The maximum Gasteiger partial charge on any atom is 0.304 e. The smallest absolute Gasteiger partial charge is 0.304 e. The Kier molecular flexibility index (Phi) is 4.52. The Morgan fingerprint density at radius 3 is 2.28 bits per heavy atom. The number of anilines is 1. The van der Waals surface area contributed by atoms with Crippen molar-refractivity contribution in [2.75, 3.05) is 12.0 Å². The Bertz CT molecular complexity index is 800. The number of aliphatic carboxylic acids is 1. The molecule has 3 rings (SSSR count). The molecule has 25 heavy (non-hydrogen) atoms. The van der Waals surface area contributed by atoms with Crippen molar-refractivity contribution in [1.29, 1.82) is 0 Å². The van der Waals surface area contributed by atoms with Gasteiger partial charge in [-0.2, -0.15) is 0 Å². The summed E-state index contributed by atoms with van der Waals surface area (Å²) in [5.41, 5.74) is 1.25. The third-order valence-electron chi connectivity index (χ3n) is 4.31. The second-order valence-corrected chi connectivity index (χ2v) is 5.80. The summed E-state index contributed by atoms with van der Waals surface area (Å²) in [6.45, 7) is 0. The third-order valence-corrected chi connectivity index (χ3v) is 4.31. The zero-order valence-electron chi connectivity index (χ0n) is 13.6. The van der Waals surface area contributed by atoms with Crippen molar-refractivity contribution in [1.82, 2.24) is 0 Å². The lowest BCUT2D eigenvalue weighted by molar-refractivity contribution is -0.141. The lowest BCUT2D eigenvalue weighted by Gasteiger charge is -2.27. The summed E-state index contributed by atoms with van der Waals surface area (Å²) in [5, 5.41) is 9.18. The van der Waals surface area contributed by atoms with Crippen LogP contribution in [0.5, 0.6) is 5.75 Å². The number of carbonyl (C=O) groups is 3. The monoisotopic (exact) mass is 339 g/mol. The third kappa shape index (κ3) is 3.10. The lowest BCUT2D eigenvalue weighted by atomic mass is 9.90. The van der Waals surface area contributed by atoms with Gasteiger partial charge in [0.2, 0.25) is 5.78 Å². The first-order valence-electron chi connectivity index (χ1n) is 7.81. The highest BCUT2D eigenvalue weighted by Gasteiger charge is 2.49. The normalized spacial score (nSPS) is 20.0. The number of methoxy groups -OCH3 is 1. The van der Waals surface area contributed by atoms with Gasteiger partial charge in [0.05, 0.1) is 25.5 Å². The van der Waals surface area contributed by atoms with Crippen LogP contribution in [0.4, 0.5) is 5.69 Å². The number of benzene rings is 2. The Balaban J connectivity index is 2.09. The van der Waals surface area contributed by atoms with Gasteiger partial charge in [-0.15, -0.1) is 0 Å². The van der Waals surface area contributed by atoms with E-state index in [2.05, 4.69) is 0 Å². The van der Waals surface area contributed by atoms with E-state index in [0.717, 1.165) is 0 Å². The van der Waals surface area contributed by atoms with Crippen molar-refractivity contribution in [3.05, 3.63) is 60.2 Å². The molecule has 0 saturated carbocycles. The quantitative estimate of drug-likeness (QED) is 0.846. The van der Waals surface area contributed by atoms with E-state index in [1.54, 1.807) is 55.6 Å². The number of hydrogen-bond acceptors (Lipinski definition) is 4. The van der Waals surface area contributed by atoms with Crippen LogP contribution in [0.25, 0.3) is 0 Å². The van der Waals surface area contributed by atoms with Gasteiger partial charge in [0.15, 0.2) is 0 Å². The fourth-order valence-electron chi connectivity index (χ4n) is 3.17. The molecule has 2 atom stereocenters. The summed E-state index contributed by atoms with van der Waals surface area (Å²) in [5.74, 6) is -2.76. The van der Waals surface area contributed by atoms with Crippen molar-refractivity contribution in [3.63, 3.8) is 0 Å². The molecule has 128 valence electrons. The van der Waals surface area contributed by atoms with E-state index in [-0.39, 0.29) is 0 Å². The minimum Gasteiger partial charge on any atom is -0.497 e. The molecule has 1 heterocycles. The molecule has 1 fully saturated rings. The molecule has 0 unspecified atom stereocenters. The molecule has 1 aliphatic heterocycles. The van der Waals surface area contributed by atoms with Gasteiger partial charge in [-0.1, -0.05) is 30.3 Å². The van der Waals surface area contributed by atoms with Crippen LogP contribution < -0.4 is 9.64 Å². The Hall–Kier alpha value is -3.15. The maximum absolute atomic E-state index is 12.6. The SMILES string of the molecule is COc1ccc([C@H]2[C@@H](CC(=O)O)C(=O)C(=O)N2c2ccccc2)cc1. The summed E-state index contributed by atoms with van der Waals surface area (Å²) >= 11 is 0. The second kappa shape index (κ2) is 6.76. The summed E-state index contributed by atoms with van der Waals surface area (Å²) in [6.07, 6.45) is -0.398. The maximum atomic E-state index is 12.6. The number of carboxylic acid groups (broad SMARTS) is 1. The van der Waals surface area contributed by atoms with Crippen molar-refractivity contribution < 1.29 is 24.2 Å². The molecule has 0 aromatic heterocycles. The number of amides is 1. The van der Waals surface area contributed by atoms with E-state index in [1.807, 2.05) is 6.07 Å². The average molecular weight is 339 g/mol. The zero-order chi connectivity index (χ0) is 18.0. The molecule has 0 aliphatic carbocycles. The average Bonchev–Trinajstić information content (AvgIpc) is 2.87. The molecule has 2 aromatic carbocycles. The van der Waals surface area contributed by atoms with E-state index in [1.165, 1.54) is 4.90 Å². The van der Waals surface area contributed by atoms with Gasteiger partial charge in [0.25, 0.3) is 5.91 Å². The van der Waals surface area contributed by atoms with Crippen molar-refractivity contribution >= 4 is 23.3 Å². The van der Waals surface area contributed by atoms with Crippen LogP contribution in [0, 0.1) is 5.92 Å². The number of hydrogen-bond donors (Lipinski definition) is 1. The van der Waals surface area contributed by atoms with Gasteiger partial charge >= 0.3 is 5.97 Å². The fraction of sp³-hybridized carbons (Fsp3) is 0.211. The summed E-state index contributed by atoms with van der Waals surface area (Å²) in [6, 6.07) is 15.1. The van der Waals surface area contributed by atoms with E-state index >= 15 is 0 Å². The number of rotatable bonds is 5. The van der Waals surface area contributed by atoms with Crippen LogP contribution in [0.1, 0.15) is 18.0 Å². The van der Waals surface area contributed by atoms with Crippen LogP contribution in [-0.4, -0.2) is 29.9 Å². The van der Waals surface area contributed by atoms with E-state index < -0.39 is 36.0 Å². The highest BCUT2D eigenvalue weighted by molar-refractivity contribution is 6.45. The van der Waals surface area contributed by atoms with Gasteiger partial charge in [0, 0.05) is 5.69 Å². The zero-order valence-corrected chi connectivity index (χ0v) is 13.6. The molecule has 2 aromatic rings. The van der Waals surface area contributed by atoms with Gasteiger partial charge in [-0.05, 0) is 29.8 Å². The molecular weight excluding hydrogens is 322 g/mol. The minimum absolute atomic E-state index is 0.398. The van der Waals surface area contributed by atoms with Gasteiger partial charge < -0.3 is 9.84 Å². The van der Waals surface area contributed by atoms with Crippen LogP contribution in [0.3, 0.4) is 0 Å². The van der Waals surface area contributed by atoms with Gasteiger partial charge in [-0.25, -0.2) is 0 Å². The fourth-order valence-corrected chi connectivity index (χ4v) is 3.17. The van der Waals surface area contributed by atoms with Crippen LogP contribution >= 0.6 is 0 Å². The number of carboxylic acids is 1. The Morgan fingerprint density at radius 1 is 1.08 bits per heavy atom. The molecule has 1 N–H and O–H groups in total. The first-order chi connectivity index (χ1) is 12.0. The summed E-state index contributed by atoms with van der Waals surface area (Å²) in [4.78, 5) is 37.6. The molecule has 0 bridgehead atoms. The second-order valence-electron chi connectivity index (χ2n) is 5.80. The molecule has 1 saturated heterocycles. The number of para-hydroxylation sites is 1. The number of ketones is 1. The Morgan fingerprint density at radius 2 is 1.72 bits per heavy atom. The minimum atomic E-state index is -1.11. The molecule has 1 aliphatic rings. The molecule has 0 radical (unpaired) electrons. The number of Topliss-reactive ketones (excluding diaryl/α,β-unsaturated/α-hetero) is 1. The van der Waals surface area contributed by atoms with Crippen LogP contribution in [0.15, 0.2) is 54.6 Å². The highest BCUT2D eigenvalue weighted by atomic mass is 16.5. The number of carbonyl (C=O) groups excluding carboxylic acids is 2. The largest absolute Gasteiger partial charge is 0.497 e. The van der Waals surface area contributed by atoms with E-state index in [9.17, 15) is 19.5 Å². The lowest BCUT2D eigenvalue weighted by Crippen LogP contribution is -2.29. The standard InChI is InChI=1S/C19H17NO5/c1-25-14-9-7-12(8-10-14)17-15(11-16(21)22)18(23)19(24)20(17)13-5-3-2-4-6-13/h2-10,15,17H,11H2,1H3,(H,21,22)/t15-,17+/m1/s1. The van der Waals surface area contributed by atoms with Crippen LogP contribution in [0.2, 0.25) is 0 Å². The summed E-state index contributed by atoms with van der Waals surface area (Å²) < 4.78 is 5.14. The first kappa shape index (κ1) is 16.7. The number of ether oxygens (including phenoxy) is 1. The molecule has 0 spiro atoms. The van der Waals surface area contributed by atoms with E-state index in [4.69, 9.17) is 4.74 Å². The molecule has 1 amide bonds. The highest BCUT2D eigenvalue weighted by Crippen LogP contribution is 2.41. The molecule has 6 heteroatoms. The van der Waals surface area contributed by atoms with E-state index in [0.29, 0.717) is 17.0 Å². The first-order valence-corrected chi connectivity index (χ1v) is 7.81. The summed E-state index contributed by atoms with van der Waals surface area (Å²) in [7, 11) is 1.54. The predicted octanol–water partition coefficient (Wildman–Crippen LogP) is 2.44. The van der Waals surface area contributed by atoms with Crippen molar-refractivity contribution in [2.45, 2.75) is 12.5 Å². The predicted molar refractivity (Wildman–Crippen MR) is 90.4 cm³/mol. The van der Waals surface area contributed by atoms with Crippen molar-refractivity contribution in [2.24, 2.45) is 5.92 Å². The van der Waals surface area contributed by atoms with Crippen molar-refractivity contribution in [3.8, 4) is 5.75 Å². The molecule has 6 nitrogen and oxygen atoms in total. The topological polar surface area (TPSA) is 83.9 Å². The van der Waals surface area contributed by atoms with Crippen LogP contribution in [-0.2, 0) is 14.4 Å².